The molecule has 31 heavy (non-hydrogen) atoms. The summed E-state index contributed by atoms with van der Waals surface area (Å²) in [4.78, 5) is 0. The third kappa shape index (κ3) is 4.08. The molecule has 0 spiro atoms. The Kier molecular flexibility index (Phi) is 5.48. The molecule has 0 radical (unpaired) electrons. The molecule has 4 atom stereocenters. The molecule has 2 aromatic carbocycles. The van der Waals surface area contributed by atoms with Crippen molar-refractivity contribution in [2.75, 3.05) is 0 Å². The van der Waals surface area contributed by atoms with Gasteiger partial charge in [0.1, 0.15) is 0 Å². The fourth-order valence-corrected chi connectivity index (χ4v) is 6.33. The highest BCUT2D eigenvalue weighted by Gasteiger charge is 2.43. The number of benzene rings is 2. The molecule has 2 nitrogen and oxygen atoms in total. The molecule has 3 aliphatic rings. The average molecular weight is 438 g/mol. The lowest BCUT2D eigenvalue weighted by Crippen LogP contribution is -2.49. The van der Waals surface area contributed by atoms with Gasteiger partial charge in [-0.3, -0.25) is 0 Å². The van der Waals surface area contributed by atoms with Crippen LogP contribution < -0.4 is 5.32 Å². The molecule has 0 saturated carbocycles. The van der Waals surface area contributed by atoms with Crippen LogP contribution >= 0.6 is 11.6 Å². The minimum absolute atomic E-state index is 0.209. The van der Waals surface area contributed by atoms with Crippen molar-refractivity contribution in [3.8, 4) is 0 Å². The van der Waals surface area contributed by atoms with Gasteiger partial charge in [-0.05, 0) is 77.3 Å². The van der Waals surface area contributed by atoms with Crippen molar-refractivity contribution in [2.24, 2.45) is 0 Å². The molecule has 0 aromatic heterocycles. The van der Waals surface area contributed by atoms with Crippen LogP contribution in [0.5, 0.6) is 0 Å². The third-order valence-corrected chi connectivity index (χ3v) is 8.52. The van der Waals surface area contributed by atoms with Gasteiger partial charge in [0.15, 0.2) is 0 Å². The molecule has 166 valence electrons. The van der Waals surface area contributed by atoms with Gasteiger partial charge in [-0.25, -0.2) is 0 Å². The molecule has 2 heterocycles. The highest BCUT2D eigenvalue weighted by Crippen LogP contribution is 2.46. The second-order valence-electron chi connectivity index (χ2n) is 11.4. The molecule has 2 fully saturated rings. The summed E-state index contributed by atoms with van der Waals surface area (Å²) in [5.74, 6) is 0.434. The predicted molar refractivity (Wildman–Crippen MR) is 129 cm³/mol. The van der Waals surface area contributed by atoms with Gasteiger partial charge in [-0.1, -0.05) is 69.6 Å². The first-order valence-electron chi connectivity index (χ1n) is 12.0. The topological polar surface area (TPSA) is 21.3 Å². The molecular formula is C28H36ClNO. The summed E-state index contributed by atoms with van der Waals surface area (Å²) >= 11 is 6.16. The van der Waals surface area contributed by atoms with Crippen LogP contribution in [0, 0.1) is 0 Å². The van der Waals surface area contributed by atoms with E-state index >= 15 is 0 Å². The Balaban J connectivity index is 1.38. The molecule has 5 rings (SSSR count). The number of halogens is 1. The van der Waals surface area contributed by atoms with E-state index in [4.69, 9.17) is 16.3 Å². The Bertz CT molecular complexity index is 948. The number of fused-ring (bicyclic) bond motifs is 3. The zero-order valence-corrected chi connectivity index (χ0v) is 20.1. The molecule has 2 aromatic rings. The van der Waals surface area contributed by atoms with Gasteiger partial charge in [0.2, 0.25) is 0 Å². The van der Waals surface area contributed by atoms with Crippen molar-refractivity contribution in [1.82, 2.24) is 5.32 Å². The van der Waals surface area contributed by atoms with E-state index in [9.17, 15) is 0 Å². The first-order valence-corrected chi connectivity index (χ1v) is 12.4. The fraction of sp³-hybridized carbons (Fsp3) is 0.571. The number of hydrogen-bond donors (Lipinski definition) is 1. The Morgan fingerprint density at radius 2 is 1.65 bits per heavy atom. The lowest BCUT2D eigenvalue weighted by atomic mass is 9.63. The van der Waals surface area contributed by atoms with Crippen molar-refractivity contribution in [2.45, 2.75) is 101 Å². The summed E-state index contributed by atoms with van der Waals surface area (Å²) < 4.78 is 6.71. The first kappa shape index (κ1) is 21.5. The zero-order valence-electron chi connectivity index (χ0n) is 19.4. The normalized spacial score (nSPS) is 30.7. The lowest BCUT2D eigenvalue weighted by molar-refractivity contribution is -0.0134. The van der Waals surface area contributed by atoms with Crippen LogP contribution in [0.25, 0.3) is 0 Å². The SMILES string of the molecule is CC1(C)CCC(C)(C)c2cc(COC3C4CCC(CC3c3ccc(Cl)cc3)N4)ccc21. The van der Waals surface area contributed by atoms with E-state index < -0.39 is 0 Å². The van der Waals surface area contributed by atoms with Crippen LogP contribution in [0.15, 0.2) is 42.5 Å². The van der Waals surface area contributed by atoms with E-state index in [0.29, 0.717) is 24.6 Å². The van der Waals surface area contributed by atoms with Crippen LogP contribution in [0.2, 0.25) is 5.02 Å². The van der Waals surface area contributed by atoms with Crippen LogP contribution in [0.1, 0.15) is 88.0 Å². The maximum absolute atomic E-state index is 6.71. The molecule has 1 aliphatic carbocycles. The molecule has 2 saturated heterocycles. The Labute approximate surface area is 192 Å². The van der Waals surface area contributed by atoms with E-state index in [1.807, 2.05) is 12.1 Å². The van der Waals surface area contributed by atoms with Crippen LogP contribution in [-0.4, -0.2) is 18.2 Å². The van der Waals surface area contributed by atoms with Crippen molar-refractivity contribution in [3.05, 3.63) is 69.7 Å². The Morgan fingerprint density at radius 3 is 2.39 bits per heavy atom. The smallest absolute Gasteiger partial charge is 0.0801 e. The second kappa shape index (κ2) is 7.90. The maximum Gasteiger partial charge on any atom is 0.0801 e. The lowest BCUT2D eigenvalue weighted by Gasteiger charge is -2.42. The maximum atomic E-state index is 6.71. The number of piperidine rings is 1. The van der Waals surface area contributed by atoms with E-state index in [1.54, 1.807) is 0 Å². The second-order valence-corrected chi connectivity index (χ2v) is 11.8. The number of hydrogen-bond acceptors (Lipinski definition) is 2. The zero-order chi connectivity index (χ0) is 21.8. The molecule has 1 N–H and O–H groups in total. The largest absolute Gasteiger partial charge is 0.371 e. The van der Waals surface area contributed by atoms with Crippen LogP contribution in [0.4, 0.5) is 0 Å². The molecule has 0 amide bonds. The highest BCUT2D eigenvalue weighted by atomic mass is 35.5. The average Bonchev–Trinajstić information content (AvgIpc) is 3.13. The van der Waals surface area contributed by atoms with E-state index in [-0.39, 0.29) is 16.9 Å². The van der Waals surface area contributed by atoms with Gasteiger partial charge < -0.3 is 10.1 Å². The van der Waals surface area contributed by atoms with Gasteiger partial charge in [0.25, 0.3) is 0 Å². The van der Waals surface area contributed by atoms with Crippen molar-refractivity contribution >= 4 is 11.6 Å². The monoisotopic (exact) mass is 437 g/mol. The minimum atomic E-state index is 0.209. The fourth-order valence-electron chi connectivity index (χ4n) is 6.20. The third-order valence-electron chi connectivity index (χ3n) is 8.27. The van der Waals surface area contributed by atoms with E-state index in [1.165, 1.54) is 47.9 Å². The highest BCUT2D eigenvalue weighted by molar-refractivity contribution is 6.30. The summed E-state index contributed by atoms with van der Waals surface area (Å²) in [5, 5.41) is 4.61. The van der Waals surface area contributed by atoms with E-state index in [2.05, 4.69) is 63.3 Å². The van der Waals surface area contributed by atoms with Crippen LogP contribution in [-0.2, 0) is 22.2 Å². The number of nitrogens with one attached hydrogen (secondary N) is 1. The number of ether oxygens (including phenoxy) is 1. The van der Waals surface area contributed by atoms with E-state index in [0.717, 1.165) is 11.4 Å². The predicted octanol–water partition coefficient (Wildman–Crippen LogP) is 6.88. The summed E-state index contributed by atoms with van der Waals surface area (Å²) in [7, 11) is 0. The van der Waals surface area contributed by atoms with Gasteiger partial charge in [-0.2, -0.15) is 0 Å². The van der Waals surface area contributed by atoms with Crippen molar-refractivity contribution < 1.29 is 4.74 Å². The molecule has 3 heteroatoms. The van der Waals surface area contributed by atoms with Gasteiger partial charge in [0, 0.05) is 23.0 Å². The standard InChI is InChI=1S/C28H36ClNO/c1-27(2)13-14-28(3,4)24-15-18(5-11-23(24)27)17-31-26-22(16-21-10-12-25(26)30-21)19-6-8-20(29)9-7-19/h5-9,11,15,21-22,25-26,30H,10,12-14,16-17H2,1-4H3. The molecule has 4 unspecified atom stereocenters. The molecule has 2 aliphatic heterocycles. The van der Waals surface area contributed by atoms with Crippen molar-refractivity contribution in [3.63, 3.8) is 0 Å². The summed E-state index contributed by atoms with van der Waals surface area (Å²) in [5.41, 5.74) is 6.19. The summed E-state index contributed by atoms with van der Waals surface area (Å²) in [6.45, 7) is 10.2. The van der Waals surface area contributed by atoms with Gasteiger partial charge in [0.05, 0.1) is 12.7 Å². The minimum Gasteiger partial charge on any atom is -0.371 e. The Hall–Kier alpha value is -1.35. The summed E-state index contributed by atoms with van der Waals surface area (Å²) in [6.07, 6.45) is 6.32. The quantitative estimate of drug-likeness (QED) is 0.562. The Morgan fingerprint density at radius 1 is 0.935 bits per heavy atom. The van der Waals surface area contributed by atoms with Crippen LogP contribution in [0.3, 0.4) is 0 Å². The van der Waals surface area contributed by atoms with Crippen molar-refractivity contribution in [1.29, 1.82) is 0 Å². The number of rotatable bonds is 4. The summed E-state index contributed by atoms with van der Waals surface area (Å²) in [6, 6.07) is 16.6. The molecule has 2 bridgehead atoms. The van der Waals surface area contributed by atoms with Gasteiger partial charge >= 0.3 is 0 Å². The first-order chi connectivity index (χ1) is 14.7. The molecular weight excluding hydrogens is 402 g/mol. The van der Waals surface area contributed by atoms with Gasteiger partial charge in [-0.15, -0.1) is 0 Å².